The van der Waals surface area contributed by atoms with Gasteiger partial charge in [0.2, 0.25) is 0 Å². The monoisotopic (exact) mass is 450 g/mol. The number of anilines is 1. The summed E-state index contributed by atoms with van der Waals surface area (Å²) in [6.45, 7) is 2.12. The van der Waals surface area contributed by atoms with E-state index >= 15 is 0 Å². The van der Waals surface area contributed by atoms with Gasteiger partial charge < -0.3 is 15.5 Å². The van der Waals surface area contributed by atoms with Gasteiger partial charge in [-0.3, -0.25) is 4.99 Å². The number of hydrogen-bond acceptors (Lipinski definition) is 2. The SMILES string of the molecule is CN=C(NCCC1CC1)NC1CCN(c2c(F)cccc2F)C1.I. The molecule has 0 aromatic heterocycles. The van der Waals surface area contributed by atoms with Crippen LogP contribution in [0.2, 0.25) is 0 Å². The Hall–Kier alpha value is -1.12. The van der Waals surface area contributed by atoms with E-state index in [9.17, 15) is 8.78 Å². The van der Waals surface area contributed by atoms with Crippen LogP contribution in [0.25, 0.3) is 0 Å². The number of aliphatic imine (C=N–C) groups is 1. The van der Waals surface area contributed by atoms with Crippen molar-refractivity contribution in [2.24, 2.45) is 10.9 Å². The maximum atomic E-state index is 13.9. The summed E-state index contributed by atoms with van der Waals surface area (Å²) in [5.74, 6) is 0.647. The van der Waals surface area contributed by atoms with Gasteiger partial charge >= 0.3 is 0 Å². The molecule has 0 spiro atoms. The summed E-state index contributed by atoms with van der Waals surface area (Å²) in [4.78, 5) is 5.99. The van der Waals surface area contributed by atoms with E-state index in [0.717, 1.165) is 24.8 Å². The Labute approximate surface area is 159 Å². The van der Waals surface area contributed by atoms with Crippen molar-refractivity contribution < 1.29 is 8.78 Å². The zero-order valence-corrected chi connectivity index (χ0v) is 16.2. The zero-order chi connectivity index (χ0) is 16.2. The Morgan fingerprint density at radius 1 is 1.25 bits per heavy atom. The van der Waals surface area contributed by atoms with Crippen molar-refractivity contribution in [3.8, 4) is 0 Å². The van der Waals surface area contributed by atoms with Crippen LogP contribution in [-0.2, 0) is 0 Å². The highest BCUT2D eigenvalue weighted by atomic mass is 127. The molecule has 0 bridgehead atoms. The van der Waals surface area contributed by atoms with Crippen molar-refractivity contribution >= 4 is 35.6 Å². The molecule has 24 heavy (non-hydrogen) atoms. The molecule has 1 heterocycles. The van der Waals surface area contributed by atoms with Gasteiger partial charge in [-0.25, -0.2) is 8.78 Å². The average Bonchev–Trinajstić information content (AvgIpc) is 3.24. The van der Waals surface area contributed by atoms with Gasteiger partial charge in [-0.15, -0.1) is 24.0 Å². The molecular formula is C17H25F2IN4. The molecule has 3 rings (SSSR count). The second kappa shape index (κ2) is 8.82. The molecule has 1 atom stereocenters. The van der Waals surface area contributed by atoms with Crippen molar-refractivity contribution in [1.82, 2.24) is 10.6 Å². The Morgan fingerprint density at radius 2 is 1.96 bits per heavy atom. The van der Waals surface area contributed by atoms with Crippen LogP contribution in [0.4, 0.5) is 14.5 Å². The van der Waals surface area contributed by atoms with E-state index < -0.39 is 11.6 Å². The second-order valence-electron chi connectivity index (χ2n) is 6.38. The largest absolute Gasteiger partial charge is 0.365 e. The molecule has 0 amide bonds. The summed E-state index contributed by atoms with van der Waals surface area (Å²) >= 11 is 0. The highest BCUT2D eigenvalue weighted by molar-refractivity contribution is 14.0. The lowest BCUT2D eigenvalue weighted by atomic mass is 10.2. The second-order valence-corrected chi connectivity index (χ2v) is 6.38. The molecule has 1 aromatic rings. The van der Waals surface area contributed by atoms with Crippen molar-refractivity contribution in [3.63, 3.8) is 0 Å². The van der Waals surface area contributed by atoms with Crippen LogP contribution in [0, 0.1) is 17.6 Å². The van der Waals surface area contributed by atoms with Crippen LogP contribution in [0.3, 0.4) is 0 Å². The number of rotatable bonds is 5. The topological polar surface area (TPSA) is 39.7 Å². The third kappa shape index (κ3) is 4.94. The minimum absolute atomic E-state index is 0. The van der Waals surface area contributed by atoms with Gasteiger partial charge in [0, 0.05) is 32.7 Å². The fourth-order valence-electron chi connectivity index (χ4n) is 3.06. The van der Waals surface area contributed by atoms with E-state index in [1.165, 1.54) is 37.5 Å². The van der Waals surface area contributed by atoms with E-state index in [1.54, 1.807) is 11.9 Å². The molecule has 1 saturated carbocycles. The molecule has 2 aliphatic rings. The molecule has 1 aliphatic heterocycles. The lowest BCUT2D eigenvalue weighted by Gasteiger charge is -2.21. The quantitative estimate of drug-likeness (QED) is 0.412. The van der Waals surface area contributed by atoms with E-state index in [4.69, 9.17) is 0 Å². The number of hydrogen-bond donors (Lipinski definition) is 2. The van der Waals surface area contributed by atoms with Crippen LogP contribution < -0.4 is 15.5 Å². The lowest BCUT2D eigenvalue weighted by molar-refractivity contribution is 0.575. The lowest BCUT2D eigenvalue weighted by Crippen LogP contribution is -2.45. The van der Waals surface area contributed by atoms with Crippen LogP contribution in [-0.4, -0.2) is 38.7 Å². The summed E-state index contributed by atoms with van der Waals surface area (Å²) < 4.78 is 27.7. The van der Waals surface area contributed by atoms with E-state index in [2.05, 4.69) is 15.6 Å². The van der Waals surface area contributed by atoms with Crippen LogP contribution in [0.15, 0.2) is 23.2 Å². The summed E-state index contributed by atoms with van der Waals surface area (Å²) in [5.41, 5.74) is 0.0773. The van der Waals surface area contributed by atoms with Gasteiger partial charge in [0.05, 0.1) is 0 Å². The Bertz CT molecular complexity index is 557. The van der Waals surface area contributed by atoms with E-state index in [-0.39, 0.29) is 35.7 Å². The van der Waals surface area contributed by atoms with Gasteiger partial charge in [0.25, 0.3) is 0 Å². The van der Waals surface area contributed by atoms with Crippen molar-refractivity contribution in [2.45, 2.75) is 31.7 Å². The normalized spacial score (nSPS) is 20.7. The molecule has 1 saturated heterocycles. The highest BCUT2D eigenvalue weighted by Gasteiger charge is 2.27. The molecule has 1 aliphatic carbocycles. The Morgan fingerprint density at radius 3 is 2.58 bits per heavy atom. The van der Waals surface area contributed by atoms with E-state index in [0.29, 0.717) is 13.1 Å². The summed E-state index contributed by atoms with van der Waals surface area (Å²) in [7, 11) is 1.75. The number of nitrogens with one attached hydrogen (secondary N) is 2. The number of nitrogens with zero attached hydrogens (tertiary/aromatic N) is 2. The van der Waals surface area contributed by atoms with E-state index in [1.807, 2.05) is 0 Å². The first-order valence-corrected chi connectivity index (χ1v) is 8.33. The van der Waals surface area contributed by atoms with Crippen molar-refractivity contribution in [2.75, 3.05) is 31.6 Å². The average molecular weight is 450 g/mol. The zero-order valence-electron chi connectivity index (χ0n) is 13.9. The number of para-hydroxylation sites is 1. The first-order chi connectivity index (χ1) is 11.2. The van der Waals surface area contributed by atoms with Gasteiger partial charge in [0.1, 0.15) is 17.3 Å². The minimum Gasteiger partial charge on any atom is -0.365 e. The van der Waals surface area contributed by atoms with Crippen molar-refractivity contribution in [1.29, 1.82) is 0 Å². The number of halogens is 3. The predicted octanol–water partition coefficient (Wildman–Crippen LogP) is 3.13. The van der Waals surface area contributed by atoms with Gasteiger partial charge in [0.15, 0.2) is 5.96 Å². The summed E-state index contributed by atoms with van der Waals surface area (Å²) in [6, 6.07) is 4.14. The predicted molar refractivity (Wildman–Crippen MR) is 104 cm³/mol. The first kappa shape index (κ1) is 19.2. The molecular weight excluding hydrogens is 425 g/mol. The maximum Gasteiger partial charge on any atom is 0.191 e. The molecule has 4 nitrogen and oxygen atoms in total. The first-order valence-electron chi connectivity index (χ1n) is 8.33. The Balaban J connectivity index is 0.00000208. The fraction of sp³-hybridized carbons (Fsp3) is 0.588. The van der Waals surface area contributed by atoms with Gasteiger partial charge in [-0.2, -0.15) is 0 Å². The van der Waals surface area contributed by atoms with Gasteiger partial charge in [-0.1, -0.05) is 18.9 Å². The number of guanidine groups is 1. The van der Waals surface area contributed by atoms with Crippen molar-refractivity contribution in [3.05, 3.63) is 29.8 Å². The van der Waals surface area contributed by atoms with Crippen LogP contribution in [0.5, 0.6) is 0 Å². The van der Waals surface area contributed by atoms with Crippen LogP contribution in [0.1, 0.15) is 25.7 Å². The molecule has 7 heteroatoms. The molecule has 1 unspecified atom stereocenters. The molecule has 2 N–H and O–H groups in total. The third-order valence-electron chi connectivity index (χ3n) is 4.55. The fourth-order valence-corrected chi connectivity index (χ4v) is 3.06. The molecule has 1 aromatic carbocycles. The minimum atomic E-state index is -0.502. The standard InChI is InChI=1S/C17H24F2N4.HI/c1-20-17(21-9-7-12-5-6-12)22-13-8-10-23(11-13)16-14(18)3-2-4-15(16)19;/h2-4,12-13H,5-11H2,1H3,(H2,20,21,22);1H. The molecule has 2 fully saturated rings. The van der Waals surface area contributed by atoms with Crippen LogP contribution >= 0.6 is 24.0 Å². The summed E-state index contributed by atoms with van der Waals surface area (Å²) in [5, 5.41) is 6.67. The molecule has 0 radical (unpaired) electrons. The molecule has 134 valence electrons. The number of benzene rings is 1. The smallest absolute Gasteiger partial charge is 0.191 e. The van der Waals surface area contributed by atoms with Gasteiger partial charge in [-0.05, 0) is 30.9 Å². The third-order valence-corrected chi connectivity index (χ3v) is 4.55. The maximum absolute atomic E-state index is 13.9. The highest BCUT2D eigenvalue weighted by Crippen LogP contribution is 2.31. The summed E-state index contributed by atoms with van der Waals surface area (Å²) in [6.07, 6.45) is 4.70. The Kier molecular flexibility index (Phi) is 7.06.